The Morgan fingerprint density at radius 1 is 1.25 bits per heavy atom. The first-order valence-electron chi connectivity index (χ1n) is 12.6. The highest BCUT2D eigenvalue weighted by molar-refractivity contribution is 7.90. The number of benzene rings is 1. The molecular weight excluding hydrogens is 500 g/mol. The SMILES string of the molecule is CS(=O)(=O)c1ccc(C(NS(=O)[O-])C23CC4CC(CC(NCC(=O)N5CCCC5C#N)(C4)C2)C3)cc1. The third-order valence-electron chi connectivity index (χ3n) is 8.91. The average molecular weight is 534 g/mol. The molecule has 1 heterocycles. The molecule has 5 unspecified atom stereocenters. The van der Waals surface area contributed by atoms with Gasteiger partial charge < -0.3 is 14.8 Å². The first-order valence-corrected chi connectivity index (χ1v) is 15.6. The molecule has 4 bridgehead atoms. The molecule has 11 heteroatoms. The highest BCUT2D eigenvalue weighted by Crippen LogP contribution is 2.65. The Morgan fingerprint density at radius 2 is 1.92 bits per heavy atom. The van der Waals surface area contributed by atoms with Crippen LogP contribution in [0.1, 0.15) is 63.0 Å². The van der Waals surface area contributed by atoms with E-state index in [1.54, 1.807) is 29.2 Å². The molecule has 196 valence electrons. The molecular formula is C25H33N4O5S2-. The van der Waals surface area contributed by atoms with E-state index in [1.165, 1.54) is 0 Å². The summed E-state index contributed by atoms with van der Waals surface area (Å²) in [5.74, 6) is 0.829. The first-order chi connectivity index (χ1) is 17.0. The number of nitrogens with zero attached hydrogens (tertiary/aromatic N) is 2. The summed E-state index contributed by atoms with van der Waals surface area (Å²) in [4.78, 5) is 14.9. The van der Waals surface area contributed by atoms with E-state index in [0.717, 1.165) is 63.2 Å². The fraction of sp³-hybridized carbons (Fsp3) is 0.680. The van der Waals surface area contributed by atoms with Gasteiger partial charge in [0.25, 0.3) is 0 Å². The topological polar surface area (TPSA) is 142 Å². The van der Waals surface area contributed by atoms with E-state index in [2.05, 4.69) is 16.1 Å². The van der Waals surface area contributed by atoms with Crippen molar-refractivity contribution < 1.29 is 22.0 Å². The standard InChI is InChI=1S/C25H34N4O5S2/c1-36(33,34)21-6-4-19(5-7-21)23(28-35(31)32)24-10-17-9-18(11-24)13-25(12-17,16-24)27-15-22(30)29-8-2-3-20(29)14-26/h4-7,17-18,20,23,27-28H,2-3,8-13,15-16H2,1H3,(H,31,32)/p-1. The normalized spacial score (nSPS) is 34.9. The second-order valence-electron chi connectivity index (χ2n) is 11.5. The van der Waals surface area contributed by atoms with Gasteiger partial charge in [0.2, 0.25) is 5.91 Å². The number of carbonyl (C=O) groups excluding carboxylic acids is 1. The summed E-state index contributed by atoms with van der Waals surface area (Å²) in [5, 5.41) is 13.0. The lowest BCUT2D eigenvalue weighted by Gasteiger charge is -2.64. The second kappa shape index (κ2) is 9.48. The van der Waals surface area contributed by atoms with Crippen LogP contribution < -0.4 is 10.0 Å². The quantitative estimate of drug-likeness (QED) is 0.486. The number of hydrogen-bond acceptors (Lipinski definition) is 7. The van der Waals surface area contributed by atoms with Gasteiger partial charge in [-0.15, -0.1) is 0 Å². The molecule has 36 heavy (non-hydrogen) atoms. The van der Waals surface area contributed by atoms with Crippen molar-refractivity contribution >= 4 is 27.0 Å². The molecule has 9 nitrogen and oxygen atoms in total. The number of sulfone groups is 1. The molecule has 1 aromatic carbocycles. The Hall–Kier alpha value is -1.84. The minimum atomic E-state index is -3.36. The molecule has 5 atom stereocenters. The zero-order chi connectivity index (χ0) is 25.7. The van der Waals surface area contributed by atoms with Crippen LogP contribution in [0, 0.1) is 28.6 Å². The summed E-state index contributed by atoms with van der Waals surface area (Å²) in [6.07, 6.45) is 8.28. The molecule has 2 N–H and O–H groups in total. The summed E-state index contributed by atoms with van der Waals surface area (Å²) in [6.45, 7) is 0.800. The molecule has 0 spiro atoms. The van der Waals surface area contributed by atoms with Crippen molar-refractivity contribution in [3.63, 3.8) is 0 Å². The highest BCUT2D eigenvalue weighted by Gasteiger charge is 2.60. The average Bonchev–Trinajstić information content (AvgIpc) is 3.29. The van der Waals surface area contributed by atoms with Gasteiger partial charge in [-0.3, -0.25) is 9.00 Å². The Bertz CT molecular complexity index is 1180. The molecule has 0 radical (unpaired) electrons. The monoisotopic (exact) mass is 533 g/mol. The third-order valence-corrected chi connectivity index (χ3v) is 10.5. The van der Waals surface area contributed by atoms with E-state index in [0.29, 0.717) is 18.4 Å². The van der Waals surface area contributed by atoms with E-state index in [4.69, 9.17) is 0 Å². The van der Waals surface area contributed by atoms with Gasteiger partial charge in [-0.05, 0) is 86.3 Å². The maximum Gasteiger partial charge on any atom is 0.237 e. The lowest BCUT2D eigenvalue weighted by molar-refractivity contribution is -0.133. The lowest BCUT2D eigenvalue weighted by atomic mass is 9.44. The molecule has 5 fully saturated rings. The number of hydrogen-bond donors (Lipinski definition) is 2. The lowest BCUT2D eigenvalue weighted by Crippen LogP contribution is -2.65. The molecule has 1 aromatic rings. The maximum atomic E-state index is 13.0. The van der Waals surface area contributed by atoms with Crippen LogP contribution in [0.15, 0.2) is 29.2 Å². The Kier molecular flexibility index (Phi) is 6.79. The van der Waals surface area contributed by atoms with Crippen LogP contribution in [-0.2, 0) is 25.9 Å². The number of nitriles is 1. The zero-order valence-electron chi connectivity index (χ0n) is 20.4. The molecule has 1 saturated heterocycles. The molecule has 4 saturated carbocycles. The number of carbonyl (C=O) groups is 1. The van der Waals surface area contributed by atoms with Crippen molar-refractivity contribution in [1.82, 2.24) is 14.9 Å². The Labute approximate surface area is 215 Å². The number of likely N-dealkylation sites (tertiary alicyclic amines) is 1. The largest absolute Gasteiger partial charge is 0.760 e. The van der Waals surface area contributed by atoms with Crippen LogP contribution in [0.3, 0.4) is 0 Å². The van der Waals surface area contributed by atoms with Crippen molar-refractivity contribution in [1.29, 1.82) is 5.26 Å². The van der Waals surface area contributed by atoms with Crippen molar-refractivity contribution in [2.75, 3.05) is 19.3 Å². The second-order valence-corrected chi connectivity index (χ2v) is 14.2. The zero-order valence-corrected chi connectivity index (χ0v) is 22.1. The number of rotatable bonds is 8. The summed E-state index contributed by atoms with van der Waals surface area (Å²) in [6, 6.07) is 7.93. The molecule has 1 aliphatic heterocycles. The summed E-state index contributed by atoms with van der Waals surface area (Å²) < 4.78 is 50.5. The van der Waals surface area contributed by atoms with E-state index in [1.807, 2.05) is 0 Å². The van der Waals surface area contributed by atoms with E-state index < -0.39 is 27.1 Å². The minimum Gasteiger partial charge on any atom is -0.760 e. The predicted octanol–water partition coefficient (Wildman–Crippen LogP) is 1.96. The van der Waals surface area contributed by atoms with Gasteiger partial charge in [-0.2, -0.15) is 5.26 Å². The third kappa shape index (κ3) is 4.86. The van der Waals surface area contributed by atoms with Gasteiger partial charge in [-0.1, -0.05) is 12.1 Å². The summed E-state index contributed by atoms with van der Waals surface area (Å²) >= 11 is -2.49. The fourth-order valence-corrected chi connectivity index (χ4v) is 9.20. The van der Waals surface area contributed by atoms with Gasteiger partial charge in [-0.25, -0.2) is 13.1 Å². The van der Waals surface area contributed by atoms with Crippen molar-refractivity contribution in [2.45, 2.75) is 73.9 Å². The van der Waals surface area contributed by atoms with Crippen LogP contribution >= 0.6 is 0 Å². The molecule has 5 aliphatic rings. The van der Waals surface area contributed by atoms with Crippen molar-refractivity contribution in [2.24, 2.45) is 17.3 Å². The highest BCUT2D eigenvalue weighted by atomic mass is 32.2. The molecule has 1 amide bonds. The van der Waals surface area contributed by atoms with Crippen LogP contribution in [0.2, 0.25) is 0 Å². The molecule has 6 rings (SSSR count). The van der Waals surface area contributed by atoms with Crippen molar-refractivity contribution in [3.8, 4) is 6.07 Å². The maximum absolute atomic E-state index is 13.0. The summed E-state index contributed by atoms with van der Waals surface area (Å²) in [7, 11) is -3.36. The fourth-order valence-electron chi connectivity index (χ4n) is 7.99. The Balaban J connectivity index is 1.40. The van der Waals surface area contributed by atoms with Crippen LogP contribution in [-0.4, -0.2) is 58.9 Å². The van der Waals surface area contributed by atoms with Gasteiger partial charge in [0.1, 0.15) is 6.04 Å². The Morgan fingerprint density at radius 3 is 2.50 bits per heavy atom. The van der Waals surface area contributed by atoms with Gasteiger partial charge in [0.05, 0.1) is 17.5 Å². The van der Waals surface area contributed by atoms with E-state index in [9.17, 15) is 27.2 Å². The van der Waals surface area contributed by atoms with Crippen molar-refractivity contribution in [3.05, 3.63) is 29.8 Å². The van der Waals surface area contributed by atoms with Gasteiger partial charge in [0.15, 0.2) is 9.84 Å². The van der Waals surface area contributed by atoms with Crippen LogP contribution in [0.25, 0.3) is 0 Å². The smallest absolute Gasteiger partial charge is 0.237 e. The van der Waals surface area contributed by atoms with Gasteiger partial charge in [0, 0.05) is 35.6 Å². The number of nitrogens with one attached hydrogen (secondary N) is 2. The van der Waals surface area contributed by atoms with E-state index in [-0.39, 0.29) is 34.3 Å². The summed E-state index contributed by atoms with van der Waals surface area (Å²) in [5.41, 5.74) is 0.183. The van der Waals surface area contributed by atoms with Crippen LogP contribution in [0.4, 0.5) is 0 Å². The minimum absolute atomic E-state index is 0.0458. The molecule has 4 aliphatic carbocycles. The predicted molar refractivity (Wildman–Crippen MR) is 133 cm³/mol. The first kappa shape index (κ1) is 25.8. The molecule has 0 aromatic heterocycles. The van der Waals surface area contributed by atoms with Crippen LogP contribution in [0.5, 0.6) is 0 Å². The number of amides is 1. The van der Waals surface area contributed by atoms with E-state index >= 15 is 0 Å². The van der Waals surface area contributed by atoms with Gasteiger partial charge >= 0.3 is 0 Å².